The summed E-state index contributed by atoms with van der Waals surface area (Å²) >= 11 is 0. The van der Waals surface area contributed by atoms with Gasteiger partial charge in [0.15, 0.2) is 6.10 Å². The van der Waals surface area contributed by atoms with E-state index < -0.39 is 6.10 Å². The highest BCUT2D eigenvalue weighted by molar-refractivity contribution is 5.94. The Kier molecular flexibility index (Phi) is 5.43. The zero-order chi connectivity index (χ0) is 17.0. The molecule has 1 amide bonds. The molecule has 0 saturated heterocycles. The molecule has 0 heterocycles. The average Bonchev–Trinajstić information content (AvgIpc) is 2.46. The van der Waals surface area contributed by atoms with Crippen LogP contribution in [0.25, 0.3) is 0 Å². The molecule has 0 radical (unpaired) electrons. The normalized spacial score (nSPS) is 12.1. The summed E-state index contributed by atoms with van der Waals surface area (Å²) in [5, 5.41) is 2.90. The molecular formula is C20H25NO2. The number of hydrogen-bond donors (Lipinski definition) is 1. The molecule has 0 unspecified atom stereocenters. The number of hydrogen-bond acceptors (Lipinski definition) is 2. The molecule has 0 aromatic heterocycles. The second-order valence-electron chi connectivity index (χ2n) is 6.31. The third-order valence-corrected chi connectivity index (χ3v) is 3.75. The van der Waals surface area contributed by atoms with Crippen molar-refractivity contribution in [3.8, 4) is 5.75 Å². The Morgan fingerprint density at radius 2 is 1.70 bits per heavy atom. The van der Waals surface area contributed by atoms with Crippen molar-refractivity contribution in [1.82, 2.24) is 0 Å². The number of rotatable bonds is 5. The number of nitrogens with one attached hydrogen (secondary N) is 1. The van der Waals surface area contributed by atoms with Gasteiger partial charge in [0.25, 0.3) is 5.91 Å². The Bertz CT molecular complexity index is 692. The van der Waals surface area contributed by atoms with Crippen LogP contribution in [0, 0.1) is 13.8 Å². The Labute approximate surface area is 138 Å². The van der Waals surface area contributed by atoms with Crippen LogP contribution in [0.5, 0.6) is 5.75 Å². The molecule has 23 heavy (non-hydrogen) atoms. The van der Waals surface area contributed by atoms with Gasteiger partial charge < -0.3 is 10.1 Å². The summed E-state index contributed by atoms with van der Waals surface area (Å²) in [7, 11) is 0. The molecule has 2 rings (SSSR count). The molecule has 0 bridgehead atoms. The summed E-state index contributed by atoms with van der Waals surface area (Å²) in [4.78, 5) is 12.4. The first-order valence-corrected chi connectivity index (χ1v) is 8.01. The van der Waals surface area contributed by atoms with Crippen molar-refractivity contribution in [2.45, 2.75) is 46.6 Å². The van der Waals surface area contributed by atoms with E-state index >= 15 is 0 Å². The van der Waals surface area contributed by atoms with E-state index in [1.807, 2.05) is 44.2 Å². The lowest BCUT2D eigenvalue weighted by molar-refractivity contribution is -0.122. The second kappa shape index (κ2) is 7.32. The first-order valence-electron chi connectivity index (χ1n) is 8.01. The molecule has 122 valence electrons. The topological polar surface area (TPSA) is 38.3 Å². The number of aryl methyl sites for hydroxylation is 2. The first kappa shape index (κ1) is 17.1. The quantitative estimate of drug-likeness (QED) is 0.858. The van der Waals surface area contributed by atoms with E-state index in [1.54, 1.807) is 6.92 Å². The third-order valence-electron chi connectivity index (χ3n) is 3.75. The maximum absolute atomic E-state index is 12.4. The van der Waals surface area contributed by atoms with Crippen LogP contribution in [-0.4, -0.2) is 12.0 Å². The molecule has 3 heteroatoms. The van der Waals surface area contributed by atoms with Crippen molar-refractivity contribution in [2.24, 2.45) is 0 Å². The molecule has 0 aliphatic carbocycles. The van der Waals surface area contributed by atoms with Crippen molar-refractivity contribution in [3.63, 3.8) is 0 Å². The highest BCUT2D eigenvalue weighted by atomic mass is 16.5. The Morgan fingerprint density at radius 1 is 1.00 bits per heavy atom. The van der Waals surface area contributed by atoms with Gasteiger partial charge in [0.2, 0.25) is 0 Å². The minimum absolute atomic E-state index is 0.146. The number of benzene rings is 2. The maximum atomic E-state index is 12.4. The van der Waals surface area contributed by atoms with Crippen molar-refractivity contribution in [2.75, 3.05) is 5.32 Å². The van der Waals surface area contributed by atoms with E-state index in [4.69, 9.17) is 4.74 Å². The standard InChI is InChI=1S/C20H25NO2/c1-13(2)18-10-9-15(4)12-19(18)23-16(5)20(22)21-17-8-6-7-14(3)11-17/h6-13,16H,1-5H3,(H,21,22)/t16-/m1/s1. The highest BCUT2D eigenvalue weighted by Gasteiger charge is 2.17. The molecule has 1 N–H and O–H groups in total. The number of amides is 1. The molecule has 1 atom stereocenters. The zero-order valence-corrected chi connectivity index (χ0v) is 14.5. The van der Waals surface area contributed by atoms with Crippen LogP contribution in [0.15, 0.2) is 42.5 Å². The van der Waals surface area contributed by atoms with Crippen LogP contribution in [0.4, 0.5) is 5.69 Å². The molecular weight excluding hydrogens is 286 g/mol. The number of carbonyl (C=O) groups is 1. The SMILES string of the molecule is Cc1cccc(NC(=O)[C@@H](C)Oc2cc(C)ccc2C(C)C)c1. The lowest BCUT2D eigenvalue weighted by atomic mass is 10.0. The number of ether oxygens (including phenoxy) is 1. The van der Waals surface area contributed by atoms with Crippen LogP contribution in [0.1, 0.15) is 43.4 Å². The summed E-state index contributed by atoms with van der Waals surface area (Å²) in [6.45, 7) is 10.0. The Hall–Kier alpha value is -2.29. The summed E-state index contributed by atoms with van der Waals surface area (Å²) < 4.78 is 5.94. The summed E-state index contributed by atoms with van der Waals surface area (Å²) in [6, 6.07) is 13.9. The van der Waals surface area contributed by atoms with Crippen LogP contribution in [0.2, 0.25) is 0 Å². The van der Waals surface area contributed by atoms with Gasteiger partial charge in [0.05, 0.1) is 0 Å². The smallest absolute Gasteiger partial charge is 0.265 e. The van der Waals surface area contributed by atoms with Gasteiger partial charge in [-0.2, -0.15) is 0 Å². The fraction of sp³-hybridized carbons (Fsp3) is 0.350. The van der Waals surface area contributed by atoms with Gasteiger partial charge in [-0.25, -0.2) is 0 Å². The van der Waals surface area contributed by atoms with Gasteiger partial charge in [-0.05, 0) is 61.6 Å². The molecule has 0 fully saturated rings. The Balaban J connectivity index is 2.11. The van der Waals surface area contributed by atoms with Gasteiger partial charge in [0, 0.05) is 5.69 Å². The largest absolute Gasteiger partial charge is 0.481 e. The predicted molar refractivity (Wildman–Crippen MR) is 95.2 cm³/mol. The first-order chi connectivity index (χ1) is 10.9. The summed E-state index contributed by atoms with van der Waals surface area (Å²) in [5.74, 6) is 0.983. The van der Waals surface area contributed by atoms with Gasteiger partial charge >= 0.3 is 0 Å². The number of anilines is 1. The van der Waals surface area contributed by atoms with Gasteiger partial charge in [-0.15, -0.1) is 0 Å². The van der Waals surface area contributed by atoms with Gasteiger partial charge in [-0.1, -0.05) is 38.1 Å². The van der Waals surface area contributed by atoms with E-state index in [-0.39, 0.29) is 5.91 Å². The van der Waals surface area contributed by atoms with E-state index in [0.29, 0.717) is 5.92 Å². The van der Waals surface area contributed by atoms with Crippen molar-refractivity contribution >= 4 is 11.6 Å². The molecule has 2 aromatic rings. The van der Waals surface area contributed by atoms with Crippen molar-refractivity contribution in [1.29, 1.82) is 0 Å². The van der Waals surface area contributed by atoms with Gasteiger partial charge in [0.1, 0.15) is 5.75 Å². The van der Waals surface area contributed by atoms with Crippen LogP contribution >= 0.6 is 0 Å². The minimum atomic E-state index is -0.560. The van der Waals surface area contributed by atoms with E-state index in [2.05, 4.69) is 31.3 Å². The fourth-order valence-electron chi connectivity index (χ4n) is 2.43. The van der Waals surface area contributed by atoms with Crippen molar-refractivity contribution < 1.29 is 9.53 Å². The van der Waals surface area contributed by atoms with E-state index in [0.717, 1.165) is 28.1 Å². The third kappa shape index (κ3) is 4.59. The predicted octanol–water partition coefficient (Wildman–Crippen LogP) is 4.83. The van der Waals surface area contributed by atoms with Crippen LogP contribution < -0.4 is 10.1 Å². The molecule has 0 saturated carbocycles. The van der Waals surface area contributed by atoms with Crippen LogP contribution in [0.3, 0.4) is 0 Å². The average molecular weight is 311 g/mol. The monoisotopic (exact) mass is 311 g/mol. The minimum Gasteiger partial charge on any atom is -0.481 e. The molecule has 3 nitrogen and oxygen atoms in total. The molecule has 0 aliphatic heterocycles. The second-order valence-corrected chi connectivity index (χ2v) is 6.31. The highest BCUT2D eigenvalue weighted by Crippen LogP contribution is 2.28. The zero-order valence-electron chi connectivity index (χ0n) is 14.5. The van der Waals surface area contributed by atoms with E-state index in [9.17, 15) is 4.79 Å². The molecule has 0 spiro atoms. The number of carbonyl (C=O) groups excluding carboxylic acids is 1. The Morgan fingerprint density at radius 3 is 2.35 bits per heavy atom. The fourth-order valence-corrected chi connectivity index (χ4v) is 2.43. The van der Waals surface area contributed by atoms with Crippen molar-refractivity contribution in [3.05, 3.63) is 59.2 Å². The summed E-state index contributed by atoms with van der Waals surface area (Å²) in [5.41, 5.74) is 4.14. The summed E-state index contributed by atoms with van der Waals surface area (Å²) in [6.07, 6.45) is -0.560. The lowest BCUT2D eigenvalue weighted by Gasteiger charge is -2.19. The maximum Gasteiger partial charge on any atom is 0.265 e. The van der Waals surface area contributed by atoms with Crippen LogP contribution in [-0.2, 0) is 4.79 Å². The van der Waals surface area contributed by atoms with E-state index in [1.165, 1.54) is 0 Å². The lowest BCUT2D eigenvalue weighted by Crippen LogP contribution is -2.30. The molecule has 2 aromatic carbocycles. The molecule has 0 aliphatic rings. The van der Waals surface area contributed by atoms with Gasteiger partial charge in [-0.3, -0.25) is 4.79 Å².